The van der Waals surface area contributed by atoms with Crippen LogP contribution in [0, 0.1) is 17.1 Å². The highest BCUT2D eigenvalue weighted by atomic mass is 79.9. The van der Waals surface area contributed by atoms with Crippen molar-refractivity contribution in [2.24, 2.45) is 0 Å². The molecule has 0 aliphatic heterocycles. The summed E-state index contributed by atoms with van der Waals surface area (Å²) < 4.78 is 26.8. The van der Waals surface area contributed by atoms with E-state index in [1.165, 1.54) is 36.1 Å². The zero-order chi connectivity index (χ0) is 22.4. The van der Waals surface area contributed by atoms with Gasteiger partial charge in [-0.2, -0.15) is 5.26 Å². The van der Waals surface area contributed by atoms with Crippen LogP contribution in [0.5, 0.6) is 5.75 Å². The topological polar surface area (TPSA) is 81.3 Å². The molecule has 158 valence electrons. The summed E-state index contributed by atoms with van der Waals surface area (Å²) in [5.41, 5.74) is 0.217. The normalized spacial score (nSPS) is 10.5. The van der Waals surface area contributed by atoms with Crippen LogP contribution >= 0.6 is 15.9 Å². The van der Waals surface area contributed by atoms with E-state index in [4.69, 9.17) is 9.47 Å². The SMILES string of the molecule is COCCn1cc(C(=O)c2cc(F)ccc2OCc2cccc(Br)c2)cc(C#N)c1=O. The van der Waals surface area contributed by atoms with E-state index in [1.807, 2.05) is 24.3 Å². The Kier molecular flexibility index (Phi) is 7.34. The lowest BCUT2D eigenvalue weighted by molar-refractivity contribution is 0.103. The number of ether oxygens (including phenoxy) is 2. The number of nitriles is 1. The van der Waals surface area contributed by atoms with Crippen LogP contribution in [0.3, 0.4) is 0 Å². The third kappa shape index (κ3) is 5.45. The van der Waals surface area contributed by atoms with Gasteiger partial charge in [-0.25, -0.2) is 4.39 Å². The van der Waals surface area contributed by atoms with Crippen LogP contribution in [-0.2, 0) is 17.9 Å². The summed E-state index contributed by atoms with van der Waals surface area (Å²) in [7, 11) is 1.48. The average Bonchev–Trinajstić information content (AvgIpc) is 2.77. The van der Waals surface area contributed by atoms with E-state index in [0.717, 1.165) is 16.1 Å². The lowest BCUT2D eigenvalue weighted by atomic mass is 10.0. The van der Waals surface area contributed by atoms with Crippen LogP contribution in [0.25, 0.3) is 0 Å². The van der Waals surface area contributed by atoms with Crippen LogP contribution in [0.4, 0.5) is 4.39 Å². The fourth-order valence-corrected chi connectivity index (χ4v) is 3.39. The summed E-state index contributed by atoms with van der Waals surface area (Å²) in [4.78, 5) is 25.5. The maximum absolute atomic E-state index is 14.0. The molecule has 0 aliphatic rings. The molecule has 0 N–H and O–H groups in total. The van der Waals surface area contributed by atoms with Gasteiger partial charge >= 0.3 is 0 Å². The Balaban J connectivity index is 1.97. The zero-order valence-electron chi connectivity index (χ0n) is 16.6. The van der Waals surface area contributed by atoms with Gasteiger partial charge in [-0.3, -0.25) is 9.59 Å². The predicted octanol–water partition coefficient (Wildman–Crippen LogP) is 4.08. The van der Waals surface area contributed by atoms with E-state index < -0.39 is 17.2 Å². The number of benzene rings is 2. The van der Waals surface area contributed by atoms with Gasteiger partial charge in [-0.15, -0.1) is 0 Å². The van der Waals surface area contributed by atoms with Crippen molar-refractivity contribution in [3.05, 3.63) is 97.6 Å². The summed E-state index contributed by atoms with van der Waals surface area (Å²) in [6.45, 7) is 0.562. The third-order valence-electron chi connectivity index (χ3n) is 4.47. The third-order valence-corrected chi connectivity index (χ3v) is 4.97. The van der Waals surface area contributed by atoms with Crippen LogP contribution in [-0.4, -0.2) is 24.1 Å². The number of methoxy groups -OCH3 is 1. The minimum atomic E-state index is -0.605. The number of carbonyl (C=O) groups excluding carboxylic acids is 1. The molecule has 3 aromatic rings. The number of halogens is 2. The Hall–Kier alpha value is -3.28. The standard InChI is InChI=1S/C23H18BrFN2O4/c1-30-8-7-27-13-17(10-16(12-26)23(27)29)22(28)20-11-19(25)5-6-21(20)31-14-15-3-2-4-18(24)9-15/h2-6,9-11,13H,7-8,14H2,1H3. The summed E-state index contributed by atoms with van der Waals surface area (Å²) in [5.74, 6) is -0.975. The molecule has 0 aliphatic carbocycles. The number of nitrogens with zero attached hydrogens (tertiary/aromatic N) is 2. The second-order valence-electron chi connectivity index (χ2n) is 6.63. The fourth-order valence-electron chi connectivity index (χ4n) is 2.94. The van der Waals surface area contributed by atoms with Crippen molar-refractivity contribution in [2.75, 3.05) is 13.7 Å². The van der Waals surface area contributed by atoms with E-state index in [1.54, 1.807) is 6.07 Å². The quantitative estimate of drug-likeness (QED) is 0.450. The lowest BCUT2D eigenvalue weighted by Gasteiger charge is -2.13. The molecule has 1 aromatic heterocycles. The molecule has 0 saturated heterocycles. The molecule has 0 fully saturated rings. The highest BCUT2D eigenvalue weighted by molar-refractivity contribution is 9.10. The first-order valence-electron chi connectivity index (χ1n) is 9.28. The Morgan fingerprint density at radius 2 is 2.03 bits per heavy atom. The Labute approximate surface area is 186 Å². The second kappa shape index (κ2) is 10.2. The number of pyridine rings is 1. The molecule has 31 heavy (non-hydrogen) atoms. The largest absolute Gasteiger partial charge is 0.488 e. The molecule has 0 radical (unpaired) electrons. The van der Waals surface area contributed by atoms with Crippen LogP contribution in [0.15, 0.2) is 64.0 Å². The summed E-state index contributed by atoms with van der Waals surface area (Å²) in [6, 6.07) is 14.1. The van der Waals surface area contributed by atoms with Gasteiger partial charge in [-0.05, 0) is 42.0 Å². The number of carbonyl (C=O) groups is 1. The molecule has 6 nitrogen and oxygen atoms in total. The molecule has 3 rings (SSSR count). The van der Waals surface area contributed by atoms with Crippen molar-refractivity contribution in [1.82, 2.24) is 4.57 Å². The first kappa shape index (κ1) is 22.4. The molecule has 2 aromatic carbocycles. The maximum atomic E-state index is 14.0. The average molecular weight is 485 g/mol. The Morgan fingerprint density at radius 1 is 1.23 bits per heavy atom. The number of hydrogen-bond acceptors (Lipinski definition) is 5. The van der Waals surface area contributed by atoms with Crippen LogP contribution < -0.4 is 10.3 Å². The van der Waals surface area contributed by atoms with Crippen LogP contribution in [0.1, 0.15) is 27.0 Å². The van der Waals surface area contributed by atoms with Crippen molar-refractivity contribution >= 4 is 21.7 Å². The first-order valence-corrected chi connectivity index (χ1v) is 10.1. The second-order valence-corrected chi connectivity index (χ2v) is 7.55. The maximum Gasteiger partial charge on any atom is 0.268 e. The molecular weight excluding hydrogens is 467 g/mol. The van der Waals surface area contributed by atoms with Gasteiger partial charge in [0.25, 0.3) is 5.56 Å². The monoisotopic (exact) mass is 484 g/mol. The van der Waals surface area contributed by atoms with Crippen molar-refractivity contribution in [1.29, 1.82) is 5.26 Å². The molecular formula is C23H18BrFN2O4. The molecule has 1 heterocycles. The molecule has 0 saturated carbocycles. The van der Waals surface area contributed by atoms with E-state index >= 15 is 0 Å². The summed E-state index contributed by atoms with van der Waals surface area (Å²) in [6.07, 6.45) is 1.34. The van der Waals surface area contributed by atoms with Gasteiger partial charge in [0.1, 0.15) is 29.8 Å². The van der Waals surface area contributed by atoms with Gasteiger partial charge < -0.3 is 14.0 Å². The van der Waals surface area contributed by atoms with Crippen LogP contribution in [0.2, 0.25) is 0 Å². The first-order chi connectivity index (χ1) is 14.9. The number of aromatic nitrogens is 1. The highest BCUT2D eigenvalue weighted by Gasteiger charge is 2.19. The lowest BCUT2D eigenvalue weighted by Crippen LogP contribution is -2.25. The minimum Gasteiger partial charge on any atom is -0.488 e. The molecule has 0 spiro atoms. The zero-order valence-corrected chi connectivity index (χ0v) is 18.2. The van der Waals surface area contributed by atoms with Gasteiger partial charge in [0.15, 0.2) is 5.78 Å². The van der Waals surface area contributed by atoms with Gasteiger partial charge in [-0.1, -0.05) is 28.1 Å². The molecule has 8 heteroatoms. The van der Waals surface area contributed by atoms with Crippen molar-refractivity contribution in [3.63, 3.8) is 0 Å². The number of hydrogen-bond donors (Lipinski definition) is 0. The van der Waals surface area contributed by atoms with E-state index in [2.05, 4.69) is 15.9 Å². The minimum absolute atomic E-state index is 0.00386. The van der Waals surface area contributed by atoms with Crippen molar-refractivity contribution in [3.8, 4) is 11.8 Å². The highest BCUT2D eigenvalue weighted by Crippen LogP contribution is 2.25. The van der Waals surface area contributed by atoms with Crippen molar-refractivity contribution < 1.29 is 18.7 Å². The van der Waals surface area contributed by atoms with Gasteiger partial charge in [0, 0.05) is 29.9 Å². The fraction of sp³-hybridized carbons (Fsp3) is 0.174. The number of ketones is 1. The van der Waals surface area contributed by atoms with E-state index in [9.17, 15) is 19.2 Å². The predicted molar refractivity (Wildman–Crippen MR) is 116 cm³/mol. The number of rotatable bonds is 8. The Bertz CT molecular complexity index is 1220. The molecule has 0 bridgehead atoms. The van der Waals surface area contributed by atoms with E-state index in [0.29, 0.717) is 0 Å². The molecule has 0 atom stereocenters. The Morgan fingerprint density at radius 3 is 2.74 bits per heavy atom. The van der Waals surface area contributed by atoms with Gasteiger partial charge in [0.05, 0.1) is 12.2 Å². The summed E-state index contributed by atoms with van der Waals surface area (Å²) in [5, 5.41) is 9.28. The molecule has 0 amide bonds. The van der Waals surface area contributed by atoms with E-state index in [-0.39, 0.29) is 42.2 Å². The smallest absolute Gasteiger partial charge is 0.268 e. The van der Waals surface area contributed by atoms with Gasteiger partial charge in [0.2, 0.25) is 0 Å². The summed E-state index contributed by atoms with van der Waals surface area (Å²) >= 11 is 3.39. The molecule has 0 unspecified atom stereocenters. The van der Waals surface area contributed by atoms with Crippen molar-refractivity contribution in [2.45, 2.75) is 13.2 Å².